The fraction of sp³-hybridized carbons (Fsp3) is 0.389. The highest BCUT2D eigenvalue weighted by molar-refractivity contribution is 5.76. The van der Waals surface area contributed by atoms with Crippen LogP contribution in [-0.2, 0) is 11.3 Å². The van der Waals surface area contributed by atoms with Gasteiger partial charge >= 0.3 is 12.0 Å². The number of likely N-dealkylation sites (tertiary alicyclic amines) is 1. The Morgan fingerprint density at radius 2 is 2.12 bits per heavy atom. The molecule has 3 rings (SSSR count). The van der Waals surface area contributed by atoms with Gasteiger partial charge in [0.25, 0.3) is 0 Å². The number of aromatic nitrogens is 2. The van der Waals surface area contributed by atoms with Crippen molar-refractivity contribution in [2.75, 3.05) is 13.1 Å². The number of carbonyl (C=O) groups excluding carboxylic acids is 1. The van der Waals surface area contributed by atoms with Crippen molar-refractivity contribution in [1.29, 1.82) is 0 Å². The molecule has 1 aliphatic heterocycles. The molecule has 0 bridgehead atoms. The molecule has 25 heavy (non-hydrogen) atoms. The van der Waals surface area contributed by atoms with Crippen LogP contribution in [0.1, 0.15) is 18.9 Å². The Labute approximate surface area is 146 Å². The third kappa shape index (κ3) is 3.99. The van der Waals surface area contributed by atoms with Crippen molar-refractivity contribution in [2.24, 2.45) is 11.8 Å². The summed E-state index contributed by atoms with van der Waals surface area (Å²) < 4.78 is 1.89. The molecule has 7 nitrogen and oxygen atoms in total. The van der Waals surface area contributed by atoms with E-state index in [1.54, 1.807) is 17.4 Å². The zero-order valence-corrected chi connectivity index (χ0v) is 14.1. The third-order valence-corrected chi connectivity index (χ3v) is 4.50. The molecule has 2 aromatic rings. The number of carboxylic acid groups (broad SMARTS) is 1. The first kappa shape index (κ1) is 17.0. The molecule has 0 saturated carbocycles. The SMILES string of the molecule is CC1CC(C(=O)O)CN(C(=O)NCc2ccccc2-n2ccnc2)C1. The quantitative estimate of drug-likeness (QED) is 0.891. The second-order valence-corrected chi connectivity index (χ2v) is 6.54. The first-order valence-electron chi connectivity index (χ1n) is 8.36. The van der Waals surface area contributed by atoms with Crippen LogP contribution in [0.2, 0.25) is 0 Å². The van der Waals surface area contributed by atoms with Crippen LogP contribution in [-0.4, -0.2) is 44.6 Å². The van der Waals surface area contributed by atoms with E-state index in [0.717, 1.165) is 11.3 Å². The molecule has 0 spiro atoms. The number of nitrogens with one attached hydrogen (secondary N) is 1. The second kappa shape index (κ2) is 7.38. The lowest BCUT2D eigenvalue weighted by atomic mass is 9.91. The van der Waals surface area contributed by atoms with Crippen molar-refractivity contribution in [3.05, 3.63) is 48.5 Å². The van der Waals surface area contributed by atoms with E-state index in [1.165, 1.54) is 0 Å². The number of rotatable bonds is 4. The van der Waals surface area contributed by atoms with Crippen molar-refractivity contribution in [3.63, 3.8) is 0 Å². The topological polar surface area (TPSA) is 87.5 Å². The average Bonchev–Trinajstić information content (AvgIpc) is 3.13. The number of benzene rings is 1. The number of aliphatic carboxylic acids is 1. The van der Waals surface area contributed by atoms with E-state index >= 15 is 0 Å². The van der Waals surface area contributed by atoms with Gasteiger partial charge in [-0.3, -0.25) is 4.79 Å². The van der Waals surface area contributed by atoms with Crippen LogP contribution in [0, 0.1) is 11.8 Å². The second-order valence-electron chi connectivity index (χ2n) is 6.54. The van der Waals surface area contributed by atoms with Crippen LogP contribution in [0.5, 0.6) is 0 Å². The van der Waals surface area contributed by atoms with Crippen molar-refractivity contribution in [3.8, 4) is 5.69 Å². The van der Waals surface area contributed by atoms with Crippen molar-refractivity contribution in [2.45, 2.75) is 19.9 Å². The van der Waals surface area contributed by atoms with Gasteiger partial charge in [-0.05, 0) is 24.0 Å². The number of imidazole rings is 1. The highest BCUT2D eigenvalue weighted by atomic mass is 16.4. The summed E-state index contributed by atoms with van der Waals surface area (Å²) in [7, 11) is 0. The Morgan fingerprint density at radius 1 is 1.32 bits per heavy atom. The molecular weight excluding hydrogens is 320 g/mol. The number of amides is 2. The summed E-state index contributed by atoms with van der Waals surface area (Å²) in [6.07, 6.45) is 5.88. The summed E-state index contributed by atoms with van der Waals surface area (Å²) in [5.41, 5.74) is 1.92. The molecule has 2 unspecified atom stereocenters. The van der Waals surface area contributed by atoms with Gasteiger partial charge in [-0.15, -0.1) is 0 Å². The van der Waals surface area contributed by atoms with Gasteiger partial charge in [-0.1, -0.05) is 25.1 Å². The van der Waals surface area contributed by atoms with E-state index in [1.807, 2.05) is 42.0 Å². The van der Waals surface area contributed by atoms with Crippen molar-refractivity contribution >= 4 is 12.0 Å². The lowest BCUT2D eigenvalue weighted by Gasteiger charge is -2.34. The fourth-order valence-corrected chi connectivity index (χ4v) is 3.29. The Morgan fingerprint density at radius 3 is 2.84 bits per heavy atom. The number of hydrogen-bond donors (Lipinski definition) is 2. The predicted octanol–water partition coefficient (Wildman–Crippen LogP) is 2.12. The number of para-hydroxylation sites is 1. The summed E-state index contributed by atoms with van der Waals surface area (Å²) in [5, 5.41) is 12.1. The maximum Gasteiger partial charge on any atom is 0.317 e. The molecule has 2 atom stereocenters. The van der Waals surface area contributed by atoms with E-state index < -0.39 is 11.9 Å². The Hall–Kier alpha value is -2.83. The summed E-state index contributed by atoms with van der Waals surface area (Å²) in [4.78, 5) is 29.4. The monoisotopic (exact) mass is 342 g/mol. The number of piperidine rings is 1. The molecule has 1 aromatic heterocycles. The van der Waals surface area contributed by atoms with E-state index in [0.29, 0.717) is 19.5 Å². The third-order valence-electron chi connectivity index (χ3n) is 4.50. The minimum absolute atomic E-state index is 0.179. The van der Waals surface area contributed by atoms with Crippen LogP contribution in [0.4, 0.5) is 4.79 Å². The average molecular weight is 342 g/mol. The lowest BCUT2D eigenvalue weighted by Crippen LogP contribution is -2.49. The maximum absolute atomic E-state index is 12.5. The van der Waals surface area contributed by atoms with Crippen molar-refractivity contribution in [1.82, 2.24) is 19.8 Å². The van der Waals surface area contributed by atoms with E-state index in [9.17, 15) is 14.7 Å². The van der Waals surface area contributed by atoms with Gasteiger partial charge in [0.15, 0.2) is 0 Å². The van der Waals surface area contributed by atoms with Gasteiger partial charge in [0.05, 0.1) is 17.9 Å². The Kier molecular flexibility index (Phi) is 5.02. The standard InChI is InChI=1S/C18H22N4O3/c1-13-8-15(17(23)24)11-22(10-13)18(25)20-9-14-4-2-3-5-16(14)21-7-6-19-12-21/h2-7,12-13,15H,8-11H2,1H3,(H,20,25)(H,23,24). The molecule has 2 amide bonds. The molecule has 2 heterocycles. The molecule has 1 fully saturated rings. The number of nitrogens with zero attached hydrogens (tertiary/aromatic N) is 3. The van der Waals surface area contributed by atoms with E-state index in [4.69, 9.17) is 0 Å². The van der Waals surface area contributed by atoms with Gasteiger partial charge in [0.1, 0.15) is 0 Å². The molecule has 7 heteroatoms. The van der Waals surface area contributed by atoms with Crippen LogP contribution < -0.4 is 5.32 Å². The van der Waals surface area contributed by atoms with Gasteiger partial charge < -0.3 is 19.9 Å². The zero-order chi connectivity index (χ0) is 17.8. The number of urea groups is 1. The molecule has 132 valence electrons. The lowest BCUT2D eigenvalue weighted by molar-refractivity contribution is -0.143. The van der Waals surface area contributed by atoms with Gasteiger partial charge in [-0.25, -0.2) is 9.78 Å². The van der Waals surface area contributed by atoms with Crippen LogP contribution in [0.25, 0.3) is 5.69 Å². The minimum Gasteiger partial charge on any atom is -0.481 e. The van der Waals surface area contributed by atoms with Crippen LogP contribution in [0.15, 0.2) is 43.0 Å². The summed E-state index contributed by atoms with van der Waals surface area (Å²) >= 11 is 0. The van der Waals surface area contributed by atoms with Crippen molar-refractivity contribution < 1.29 is 14.7 Å². The molecule has 1 saturated heterocycles. The Balaban J connectivity index is 1.66. The van der Waals surface area contributed by atoms with E-state index in [2.05, 4.69) is 10.3 Å². The van der Waals surface area contributed by atoms with Gasteiger partial charge in [-0.2, -0.15) is 0 Å². The fourth-order valence-electron chi connectivity index (χ4n) is 3.29. The van der Waals surface area contributed by atoms with Crippen LogP contribution >= 0.6 is 0 Å². The normalized spacial score (nSPS) is 20.3. The predicted molar refractivity (Wildman–Crippen MR) is 92.3 cm³/mol. The van der Waals surface area contributed by atoms with Gasteiger partial charge in [0.2, 0.25) is 0 Å². The highest BCUT2D eigenvalue weighted by Gasteiger charge is 2.31. The number of carbonyl (C=O) groups is 2. The maximum atomic E-state index is 12.5. The molecule has 0 radical (unpaired) electrons. The summed E-state index contributed by atoms with van der Waals surface area (Å²) in [5.74, 6) is -1.15. The molecular formula is C18H22N4O3. The largest absolute Gasteiger partial charge is 0.481 e. The number of carboxylic acids is 1. The molecule has 2 N–H and O–H groups in total. The minimum atomic E-state index is -0.838. The molecule has 1 aromatic carbocycles. The summed E-state index contributed by atoms with van der Waals surface area (Å²) in [6, 6.07) is 7.55. The zero-order valence-electron chi connectivity index (χ0n) is 14.1. The smallest absolute Gasteiger partial charge is 0.317 e. The molecule has 0 aliphatic carbocycles. The first-order chi connectivity index (χ1) is 12.0. The highest BCUT2D eigenvalue weighted by Crippen LogP contribution is 2.22. The molecule has 1 aliphatic rings. The van der Waals surface area contributed by atoms with E-state index in [-0.39, 0.29) is 18.5 Å². The van der Waals surface area contributed by atoms with Gasteiger partial charge in [0, 0.05) is 32.0 Å². The Bertz CT molecular complexity index is 745. The number of hydrogen-bond acceptors (Lipinski definition) is 3. The van der Waals surface area contributed by atoms with Crippen LogP contribution in [0.3, 0.4) is 0 Å². The first-order valence-corrected chi connectivity index (χ1v) is 8.36. The summed E-state index contributed by atoms with van der Waals surface area (Å²) in [6.45, 7) is 3.19.